The zero-order valence-electron chi connectivity index (χ0n) is 9.01. The third kappa shape index (κ3) is 5.12. The molecule has 1 aromatic carbocycles. The summed E-state index contributed by atoms with van der Waals surface area (Å²) in [4.78, 5) is 21.9. The van der Waals surface area contributed by atoms with Crippen molar-refractivity contribution in [3.63, 3.8) is 0 Å². The Morgan fingerprint density at radius 1 is 1.29 bits per heavy atom. The van der Waals surface area contributed by atoms with E-state index in [1.165, 1.54) is 0 Å². The molecular formula is C10H13N3O3S. The first-order chi connectivity index (χ1) is 7.97. The first-order valence-corrected chi connectivity index (χ1v) is 6.25. The number of nitrogen functional groups attached to an aromatic ring is 1. The second-order valence-corrected chi connectivity index (χ2v) is 4.83. The topological polar surface area (TPSA) is 115 Å². The highest BCUT2D eigenvalue weighted by Crippen LogP contribution is 2.11. The summed E-state index contributed by atoms with van der Waals surface area (Å²) in [5, 5.41) is 2.52. The van der Waals surface area contributed by atoms with E-state index < -0.39 is 22.6 Å². The van der Waals surface area contributed by atoms with Crippen molar-refractivity contribution in [3.05, 3.63) is 24.3 Å². The molecule has 0 bridgehead atoms. The molecule has 6 nitrogen and oxygen atoms in total. The van der Waals surface area contributed by atoms with Crippen LogP contribution < -0.4 is 16.8 Å². The zero-order chi connectivity index (χ0) is 12.8. The number of rotatable bonds is 5. The number of nitrogens with one attached hydrogen (secondary N) is 1. The number of hydrogen-bond donors (Lipinski definition) is 3. The van der Waals surface area contributed by atoms with Gasteiger partial charge in [-0.05, 0) is 18.2 Å². The summed E-state index contributed by atoms with van der Waals surface area (Å²) in [6, 6.07) is 6.60. The van der Waals surface area contributed by atoms with E-state index in [1.807, 2.05) is 0 Å². The number of nitrogens with two attached hydrogens (primary N) is 2. The molecule has 1 rings (SSSR count). The van der Waals surface area contributed by atoms with Crippen molar-refractivity contribution in [1.29, 1.82) is 0 Å². The first kappa shape index (κ1) is 13.2. The predicted molar refractivity (Wildman–Crippen MR) is 66.6 cm³/mol. The molecule has 17 heavy (non-hydrogen) atoms. The van der Waals surface area contributed by atoms with Crippen LogP contribution in [0.3, 0.4) is 0 Å². The first-order valence-electron chi connectivity index (χ1n) is 4.76. The Morgan fingerprint density at radius 3 is 2.59 bits per heavy atom. The van der Waals surface area contributed by atoms with Crippen LogP contribution in [-0.4, -0.2) is 27.5 Å². The SMILES string of the molecule is NC(=O)CS(=O)CC(=O)Nc1cccc(N)c1. The molecule has 0 aliphatic rings. The molecule has 1 atom stereocenters. The Morgan fingerprint density at radius 2 is 2.00 bits per heavy atom. The van der Waals surface area contributed by atoms with Gasteiger partial charge in [0.15, 0.2) is 0 Å². The van der Waals surface area contributed by atoms with Crippen LogP contribution in [0.4, 0.5) is 11.4 Å². The molecule has 0 heterocycles. The summed E-state index contributed by atoms with van der Waals surface area (Å²) in [6.07, 6.45) is 0. The lowest BCUT2D eigenvalue weighted by atomic mass is 10.3. The van der Waals surface area contributed by atoms with E-state index in [-0.39, 0.29) is 11.5 Å². The van der Waals surface area contributed by atoms with Gasteiger partial charge in [0.05, 0.1) is 0 Å². The number of amides is 2. The number of primary amides is 1. The highest BCUT2D eigenvalue weighted by molar-refractivity contribution is 7.86. The van der Waals surface area contributed by atoms with Crippen LogP contribution in [-0.2, 0) is 20.4 Å². The van der Waals surface area contributed by atoms with Gasteiger partial charge in [-0.1, -0.05) is 6.07 Å². The molecule has 2 amide bonds. The number of hydrogen-bond acceptors (Lipinski definition) is 4. The Kier molecular flexibility index (Phi) is 4.65. The molecule has 92 valence electrons. The van der Waals surface area contributed by atoms with Gasteiger partial charge in [-0.25, -0.2) is 0 Å². The van der Waals surface area contributed by atoms with Crippen LogP contribution >= 0.6 is 0 Å². The summed E-state index contributed by atoms with van der Waals surface area (Å²) in [5.41, 5.74) is 11.4. The molecule has 0 spiro atoms. The number of benzene rings is 1. The van der Waals surface area contributed by atoms with E-state index in [4.69, 9.17) is 11.5 Å². The standard InChI is InChI=1S/C10H13N3O3S/c11-7-2-1-3-8(4-7)13-10(15)6-17(16)5-9(12)14/h1-4H,5-6,11H2,(H2,12,14)(H,13,15). The normalized spacial score (nSPS) is 11.8. The number of carbonyl (C=O) groups is 2. The fourth-order valence-electron chi connectivity index (χ4n) is 1.17. The van der Waals surface area contributed by atoms with Gasteiger partial charge in [-0.15, -0.1) is 0 Å². The van der Waals surface area contributed by atoms with E-state index in [1.54, 1.807) is 24.3 Å². The molecule has 0 aromatic heterocycles. The third-order valence-electron chi connectivity index (χ3n) is 1.77. The summed E-state index contributed by atoms with van der Waals surface area (Å²) in [6.45, 7) is 0. The Balaban J connectivity index is 2.50. The smallest absolute Gasteiger partial charge is 0.237 e. The maximum atomic E-state index is 11.4. The van der Waals surface area contributed by atoms with Crippen LogP contribution in [0.25, 0.3) is 0 Å². The largest absolute Gasteiger partial charge is 0.399 e. The van der Waals surface area contributed by atoms with Gasteiger partial charge in [0.25, 0.3) is 0 Å². The molecule has 7 heteroatoms. The van der Waals surface area contributed by atoms with Crippen molar-refractivity contribution in [2.24, 2.45) is 5.73 Å². The van der Waals surface area contributed by atoms with Crippen molar-refractivity contribution in [1.82, 2.24) is 0 Å². The fourth-order valence-corrected chi connectivity index (χ4v) is 1.95. The lowest BCUT2D eigenvalue weighted by molar-refractivity contribution is -0.115. The molecule has 0 aliphatic heterocycles. The average Bonchev–Trinajstić information content (AvgIpc) is 2.14. The molecule has 1 aromatic rings. The van der Waals surface area contributed by atoms with Gasteiger partial charge >= 0.3 is 0 Å². The van der Waals surface area contributed by atoms with Gasteiger partial charge in [-0.2, -0.15) is 0 Å². The molecule has 0 fully saturated rings. The van der Waals surface area contributed by atoms with Gasteiger partial charge in [0.2, 0.25) is 11.8 Å². The van der Waals surface area contributed by atoms with Crippen molar-refractivity contribution < 1.29 is 13.8 Å². The van der Waals surface area contributed by atoms with E-state index in [9.17, 15) is 13.8 Å². The van der Waals surface area contributed by atoms with Crippen molar-refractivity contribution in [3.8, 4) is 0 Å². The van der Waals surface area contributed by atoms with Gasteiger partial charge in [-0.3, -0.25) is 13.8 Å². The van der Waals surface area contributed by atoms with Crippen molar-refractivity contribution in [2.75, 3.05) is 22.6 Å². The van der Waals surface area contributed by atoms with Gasteiger partial charge in [0.1, 0.15) is 11.5 Å². The maximum Gasteiger partial charge on any atom is 0.237 e. The molecule has 5 N–H and O–H groups in total. The van der Waals surface area contributed by atoms with E-state index >= 15 is 0 Å². The molecule has 0 aliphatic carbocycles. The van der Waals surface area contributed by atoms with Crippen LogP contribution in [0.15, 0.2) is 24.3 Å². The van der Waals surface area contributed by atoms with E-state index in [0.717, 1.165) is 0 Å². The van der Waals surface area contributed by atoms with E-state index in [0.29, 0.717) is 11.4 Å². The highest BCUT2D eigenvalue weighted by Gasteiger charge is 2.10. The quantitative estimate of drug-likeness (QED) is 0.612. The van der Waals surface area contributed by atoms with E-state index in [2.05, 4.69) is 5.32 Å². The summed E-state index contributed by atoms with van der Waals surface area (Å²) in [7, 11) is -1.58. The van der Waals surface area contributed by atoms with Crippen molar-refractivity contribution >= 4 is 34.0 Å². The second kappa shape index (κ2) is 6.00. The minimum absolute atomic E-state index is 0.266. The molecule has 0 saturated heterocycles. The summed E-state index contributed by atoms with van der Waals surface area (Å²) in [5.74, 6) is -1.72. The summed E-state index contributed by atoms with van der Waals surface area (Å²) >= 11 is 0. The second-order valence-electron chi connectivity index (χ2n) is 3.37. The Hall–Kier alpha value is -1.89. The van der Waals surface area contributed by atoms with Crippen LogP contribution in [0.1, 0.15) is 0 Å². The number of anilines is 2. The molecular weight excluding hydrogens is 242 g/mol. The monoisotopic (exact) mass is 255 g/mol. The lowest BCUT2D eigenvalue weighted by Gasteiger charge is -2.05. The molecule has 1 unspecified atom stereocenters. The predicted octanol–water partition coefficient (Wildman–Crippen LogP) is -0.559. The minimum atomic E-state index is -1.58. The van der Waals surface area contributed by atoms with Crippen molar-refractivity contribution in [2.45, 2.75) is 0 Å². The van der Waals surface area contributed by atoms with Gasteiger partial charge in [0, 0.05) is 22.2 Å². The maximum absolute atomic E-state index is 11.4. The summed E-state index contributed by atoms with van der Waals surface area (Å²) < 4.78 is 11.2. The molecule has 0 saturated carbocycles. The fraction of sp³-hybridized carbons (Fsp3) is 0.200. The van der Waals surface area contributed by atoms with Crippen LogP contribution in [0, 0.1) is 0 Å². The lowest BCUT2D eigenvalue weighted by Crippen LogP contribution is -2.26. The molecule has 0 radical (unpaired) electrons. The third-order valence-corrected chi connectivity index (χ3v) is 2.96. The zero-order valence-corrected chi connectivity index (χ0v) is 9.83. The minimum Gasteiger partial charge on any atom is -0.399 e. The Labute approximate surface area is 101 Å². The van der Waals surface area contributed by atoms with Crippen LogP contribution in [0.5, 0.6) is 0 Å². The highest BCUT2D eigenvalue weighted by atomic mass is 32.2. The Bertz CT molecular complexity index is 462. The van der Waals surface area contributed by atoms with Crippen LogP contribution in [0.2, 0.25) is 0 Å². The van der Waals surface area contributed by atoms with Gasteiger partial charge < -0.3 is 16.8 Å². The average molecular weight is 255 g/mol. The number of carbonyl (C=O) groups excluding carboxylic acids is 2.